The van der Waals surface area contributed by atoms with Crippen molar-refractivity contribution in [3.8, 4) is 17.2 Å². The van der Waals surface area contributed by atoms with Gasteiger partial charge in [0.2, 0.25) is 0 Å². The Morgan fingerprint density at radius 3 is 2.48 bits per heavy atom. The van der Waals surface area contributed by atoms with Gasteiger partial charge in [-0.15, -0.1) is 0 Å². The Kier molecular flexibility index (Phi) is 7.05. The average Bonchev–Trinajstić information content (AvgIpc) is 2.65. The van der Waals surface area contributed by atoms with Crippen LogP contribution in [0.3, 0.4) is 0 Å². The van der Waals surface area contributed by atoms with E-state index >= 15 is 0 Å². The third kappa shape index (κ3) is 5.91. The van der Waals surface area contributed by atoms with E-state index in [2.05, 4.69) is 5.32 Å². The number of benzene rings is 2. The maximum atomic E-state index is 12.3. The maximum absolute atomic E-state index is 12.3. The van der Waals surface area contributed by atoms with Crippen LogP contribution in [0.4, 0.5) is 0 Å². The highest BCUT2D eigenvalue weighted by molar-refractivity contribution is 5.79. The SMILES string of the molecule is COc1ccc(C(CC(=O)O)NC(=O)COc2cccc(C)c2)c(OC)c1. The van der Waals surface area contributed by atoms with E-state index in [-0.39, 0.29) is 13.0 Å². The highest BCUT2D eigenvalue weighted by atomic mass is 16.5. The number of carbonyl (C=O) groups excluding carboxylic acids is 1. The Labute approximate surface area is 157 Å². The van der Waals surface area contributed by atoms with Crippen molar-refractivity contribution in [1.82, 2.24) is 5.32 Å². The summed E-state index contributed by atoms with van der Waals surface area (Å²) >= 11 is 0. The van der Waals surface area contributed by atoms with Gasteiger partial charge in [0.25, 0.3) is 5.91 Å². The molecule has 1 amide bonds. The number of carboxylic acids is 1. The summed E-state index contributed by atoms with van der Waals surface area (Å²) in [6.07, 6.45) is -0.293. The number of methoxy groups -OCH3 is 2. The van der Waals surface area contributed by atoms with Gasteiger partial charge in [0.05, 0.1) is 26.7 Å². The van der Waals surface area contributed by atoms with Crippen LogP contribution in [0.2, 0.25) is 0 Å². The first kappa shape index (κ1) is 20.1. The van der Waals surface area contributed by atoms with Gasteiger partial charge >= 0.3 is 5.97 Å². The first-order valence-corrected chi connectivity index (χ1v) is 8.35. The summed E-state index contributed by atoms with van der Waals surface area (Å²) in [5.74, 6) is 0.0969. The van der Waals surface area contributed by atoms with Gasteiger partial charge in [0.15, 0.2) is 6.61 Å². The third-order valence-corrected chi connectivity index (χ3v) is 3.89. The van der Waals surface area contributed by atoms with Gasteiger partial charge in [-0.25, -0.2) is 0 Å². The number of carbonyl (C=O) groups is 2. The smallest absolute Gasteiger partial charge is 0.305 e. The Morgan fingerprint density at radius 2 is 1.85 bits per heavy atom. The summed E-state index contributed by atoms with van der Waals surface area (Å²) in [5, 5.41) is 11.9. The molecule has 27 heavy (non-hydrogen) atoms. The van der Waals surface area contributed by atoms with Gasteiger partial charge in [0, 0.05) is 11.6 Å². The molecule has 0 saturated carbocycles. The molecule has 0 aliphatic heterocycles. The van der Waals surface area contributed by atoms with Crippen molar-refractivity contribution in [2.75, 3.05) is 20.8 Å². The topological polar surface area (TPSA) is 94.1 Å². The van der Waals surface area contributed by atoms with Gasteiger partial charge < -0.3 is 24.6 Å². The Balaban J connectivity index is 2.12. The molecule has 0 saturated heterocycles. The van der Waals surface area contributed by atoms with Gasteiger partial charge in [-0.3, -0.25) is 9.59 Å². The fraction of sp³-hybridized carbons (Fsp3) is 0.300. The lowest BCUT2D eigenvalue weighted by Crippen LogP contribution is -2.34. The number of hydrogen-bond acceptors (Lipinski definition) is 5. The van der Waals surface area contributed by atoms with E-state index < -0.39 is 17.9 Å². The largest absolute Gasteiger partial charge is 0.497 e. The molecule has 2 N–H and O–H groups in total. The molecule has 0 bridgehead atoms. The van der Waals surface area contributed by atoms with E-state index in [1.165, 1.54) is 14.2 Å². The summed E-state index contributed by atoms with van der Waals surface area (Å²) < 4.78 is 15.9. The van der Waals surface area contributed by atoms with Gasteiger partial charge in [-0.1, -0.05) is 12.1 Å². The predicted octanol–water partition coefficient (Wildman–Crippen LogP) is 2.72. The predicted molar refractivity (Wildman–Crippen MR) is 99.4 cm³/mol. The number of aliphatic carboxylic acids is 1. The molecule has 2 rings (SSSR count). The molecule has 144 valence electrons. The van der Waals surface area contributed by atoms with Crippen molar-refractivity contribution in [3.05, 3.63) is 53.6 Å². The van der Waals surface area contributed by atoms with Crippen LogP contribution in [0.25, 0.3) is 0 Å². The van der Waals surface area contributed by atoms with E-state index in [1.54, 1.807) is 24.3 Å². The number of aryl methyl sites for hydroxylation is 1. The lowest BCUT2D eigenvalue weighted by molar-refractivity contribution is -0.137. The van der Waals surface area contributed by atoms with Gasteiger partial charge in [-0.2, -0.15) is 0 Å². The molecular formula is C20H23NO6. The highest BCUT2D eigenvalue weighted by Crippen LogP contribution is 2.31. The van der Waals surface area contributed by atoms with Gasteiger partial charge in [-0.05, 0) is 36.8 Å². The molecule has 0 fully saturated rings. The number of rotatable bonds is 9. The minimum atomic E-state index is -1.04. The van der Waals surface area contributed by atoms with Crippen LogP contribution in [-0.4, -0.2) is 37.8 Å². The molecule has 0 aromatic heterocycles. The average molecular weight is 373 g/mol. The summed E-state index contributed by atoms with van der Waals surface area (Å²) in [4.78, 5) is 23.6. The molecule has 7 nitrogen and oxygen atoms in total. The van der Waals surface area contributed by atoms with Crippen LogP contribution >= 0.6 is 0 Å². The van der Waals surface area contributed by atoms with E-state index in [4.69, 9.17) is 14.2 Å². The molecule has 0 spiro atoms. The zero-order valence-corrected chi connectivity index (χ0v) is 15.5. The number of ether oxygens (including phenoxy) is 3. The fourth-order valence-electron chi connectivity index (χ4n) is 2.61. The number of amides is 1. The minimum Gasteiger partial charge on any atom is -0.497 e. The van der Waals surface area contributed by atoms with Crippen LogP contribution in [0.15, 0.2) is 42.5 Å². The first-order valence-electron chi connectivity index (χ1n) is 8.35. The second kappa shape index (κ2) is 9.47. The molecule has 1 atom stereocenters. The van der Waals surface area contributed by atoms with Crippen LogP contribution < -0.4 is 19.5 Å². The second-order valence-electron chi connectivity index (χ2n) is 5.93. The van der Waals surface area contributed by atoms with Crippen molar-refractivity contribution in [3.63, 3.8) is 0 Å². The van der Waals surface area contributed by atoms with E-state index in [1.807, 2.05) is 25.1 Å². The Morgan fingerprint density at radius 1 is 1.07 bits per heavy atom. The Hall–Kier alpha value is -3.22. The summed E-state index contributed by atoms with van der Waals surface area (Å²) in [5.41, 5.74) is 1.56. The van der Waals surface area contributed by atoms with E-state index in [0.717, 1.165) is 5.56 Å². The first-order chi connectivity index (χ1) is 12.9. The molecule has 2 aromatic carbocycles. The van der Waals surface area contributed by atoms with E-state index in [0.29, 0.717) is 22.8 Å². The monoisotopic (exact) mass is 373 g/mol. The quantitative estimate of drug-likeness (QED) is 0.702. The Bertz CT molecular complexity index is 805. The second-order valence-corrected chi connectivity index (χ2v) is 5.93. The maximum Gasteiger partial charge on any atom is 0.305 e. The molecular weight excluding hydrogens is 350 g/mol. The normalized spacial score (nSPS) is 11.4. The van der Waals surface area contributed by atoms with Crippen LogP contribution in [0, 0.1) is 6.92 Å². The standard InChI is InChI=1S/C20H23NO6/c1-13-5-4-6-15(9-13)27-12-19(22)21-17(11-20(23)24)16-8-7-14(25-2)10-18(16)26-3/h4-10,17H,11-12H2,1-3H3,(H,21,22)(H,23,24). The van der Waals surface area contributed by atoms with E-state index in [9.17, 15) is 14.7 Å². The van der Waals surface area contributed by atoms with Crippen LogP contribution in [0.5, 0.6) is 17.2 Å². The summed E-state index contributed by atoms with van der Waals surface area (Å²) in [6.45, 7) is 1.70. The third-order valence-electron chi connectivity index (χ3n) is 3.89. The summed E-state index contributed by atoms with van der Waals surface area (Å²) in [6, 6.07) is 11.5. The molecule has 0 aliphatic rings. The fourth-order valence-corrected chi connectivity index (χ4v) is 2.61. The molecule has 1 unspecified atom stereocenters. The van der Waals surface area contributed by atoms with Crippen molar-refractivity contribution >= 4 is 11.9 Å². The molecule has 0 aliphatic carbocycles. The van der Waals surface area contributed by atoms with Crippen molar-refractivity contribution < 1.29 is 28.9 Å². The lowest BCUT2D eigenvalue weighted by atomic mass is 10.0. The molecule has 0 radical (unpaired) electrons. The zero-order valence-electron chi connectivity index (χ0n) is 15.5. The van der Waals surface area contributed by atoms with Crippen molar-refractivity contribution in [2.24, 2.45) is 0 Å². The lowest BCUT2D eigenvalue weighted by Gasteiger charge is -2.20. The van der Waals surface area contributed by atoms with Crippen LogP contribution in [-0.2, 0) is 9.59 Å². The zero-order chi connectivity index (χ0) is 19.8. The molecule has 0 heterocycles. The van der Waals surface area contributed by atoms with Crippen molar-refractivity contribution in [2.45, 2.75) is 19.4 Å². The van der Waals surface area contributed by atoms with Gasteiger partial charge in [0.1, 0.15) is 17.2 Å². The minimum absolute atomic E-state index is 0.224. The number of hydrogen-bond donors (Lipinski definition) is 2. The summed E-state index contributed by atoms with van der Waals surface area (Å²) in [7, 11) is 2.99. The van der Waals surface area contributed by atoms with Crippen molar-refractivity contribution in [1.29, 1.82) is 0 Å². The van der Waals surface area contributed by atoms with Crippen LogP contribution in [0.1, 0.15) is 23.6 Å². The highest BCUT2D eigenvalue weighted by Gasteiger charge is 2.22. The number of nitrogens with one attached hydrogen (secondary N) is 1. The molecule has 7 heteroatoms. The number of carboxylic acid groups (broad SMARTS) is 1. The molecule has 2 aromatic rings.